The monoisotopic (exact) mass is 568 g/mol. The van der Waals surface area contributed by atoms with Crippen LogP contribution in [-0.2, 0) is 17.7 Å². The van der Waals surface area contributed by atoms with E-state index in [2.05, 4.69) is 82.4 Å². The first kappa shape index (κ1) is 27.6. The first-order chi connectivity index (χ1) is 15.7. The molecule has 3 rings (SSSR count). The highest BCUT2D eigenvalue weighted by molar-refractivity contribution is 14.0. The summed E-state index contributed by atoms with van der Waals surface area (Å²) in [6.45, 7) is 13.6. The van der Waals surface area contributed by atoms with Crippen molar-refractivity contribution in [2.24, 2.45) is 10.9 Å². The fourth-order valence-electron chi connectivity index (χ4n) is 4.15. The summed E-state index contributed by atoms with van der Waals surface area (Å²) in [6, 6.07) is 11.0. The molecule has 0 aliphatic carbocycles. The number of guanidine groups is 1. The lowest BCUT2D eigenvalue weighted by molar-refractivity contribution is 0.0143. The van der Waals surface area contributed by atoms with Gasteiger partial charge in [-0.05, 0) is 24.8 Å². The van der Waals surface area contributed by atoms with E-state index >= 15 is 0 Å². The van der Waals surface area contributed by atoms with Crippen LogP contribution in [0.2, 0.25) is 0 Å². The molecule has 0 amide bonds. The zero-order valence-electron chi connectivity index (χ0n) is 20.4. The summed E-state index contributed by atoms with van der Waals surface area (Å²) in [5.74, 6) is 2.62. The number of hydrogen-bond donors (Lipinski definition) is 2. The highest BCUT2D eigenvalue weighted by atomic mass is 127. The maximum Gasteiger partial charge on any atom is 0.191 e. The van der Waals surface area contributed by atoms with Gasteiger partial charge in [0.05, 0.1) is 19.8 Å². The number of halogens is 1. The summed E-state index contributed by atoms with van der Waals surface area (Å²) in [7, 11) is 0. The molecular weight excluding hydrogens is 527 g/mol. The van der Waals surface area contributed by atoms with Crippen molar-refractivity contribution in [1.29, 1.82) is 0 Å². The molecule has 0 bridgehead atoms. The SMILES string of the molecule is CCNC(=NCC(CC(C)C)N1CCOCC1)NCCc1nccn1Cc1ccccc1.I. The van der Waals surface area contributed by atoms with Gasteiger partial charge in [-0.1, -0.05) is 44.2 Å². The molecule has 2 N–H and O–H groups in total. The number of aromatic nitrogens is 2. The van der Waals surface area contributed by atoms with Gasteiger partial charge in [0.2, 0.25) is 0 Å². The molecule has 0 spiro atoms. The summed E-state index contributed by atoms with van der Waals surface area (Å²) in [4.78, 5) is 12.0. The van der Waals surface area contributed by atoms with Gasteiger partial charge in [-0.3, -0.25) is 9.89 Å². The smallest absolute Gasteiger partial charge is 0.191 e. The number of rotatable bonds is 11. The maximum atomic E-state index is 5.54. The zero-order valence-corrected chi connectivity index (χ0v) is 22.7. The molecule has 2 heterocycles. The second-order valence-corrected chi connectivity index (χ2v) is 8.79. The topological polar surface area (TPSA) is 66.7 Å². The molecule has 1 fully saturated rings. The van der Waals surface area contributed by atoms with Gasteiger partial charge in [0.1, 0.15) is 5.82 Å². The molecule has 1 aliphatic heterocycles. The lowest BCUT2D eigenvalue weighted by Gasteiger charge is -2.34. The molecule has 33 heavy (non-hydrogen) atoms. The Morgan fingerprint density at radius 2 is 1.91 bits per heavy atom. The standard InChI is InChI=1S/C25H40N6O.HI/c1-4-26-25(29-19-23(18-21(2)3)30-14-16-32-17-15-30)28-11-10-24-27-12-13-31(24)20-22-8-6-5-7-9-22;/h5-9,12-13,21,23H,4,10-11,14-20H2,1-3H3,(H2,26,28,29);1H. The third-order valence-electron chi connectivity index (χ3n) is 5.75. The van der Waals surface area contributed by atoms with E-state index in [1.807, 2.05) is 6.20 Å². The van der Waals surface area contributed by atoms with Gasteiger partial charge in [0.15, 0.2) is 5.96 Å². The Morgan fingerprint density at radius 3 is 2.61 bits per heavy atom. The number of benzene rings is 1. The predicted molar refractivity (Wildman–Crippen MR) is 147 cm³/mol. The lowest BCUT2D eigenvalue weighted by atomic mass is 10.0. The van der Waals surface area contributed by atoms with Crippen molar-refractivity contribution < 1.29 is 4.74 Å². The fourth-order valence-corrected chi connectivity index (χ4v) is 4.15. The lowest BCUT2D eigenvalue weighted by Crippen LogP contribution is -2.46. The van der Waals surface area contributed by atoms with Crippen molar-refractivity contribution in [2.45, 2.75) is 46.2 Å². The minimum atomic E-state index is 0. The molecule has 184 valence electrons. The second kappa shape index (κ2) is 15.3. The number of hydrogen-bond acceptors (Lipinski definition) is 4. The van der Waals surface area contributed by atoms with E-state index in [9.17, 15) is 0 Å². The Morgan fingerprint density at radius 1 is 1.15 bits per heavy atom. The van der Waals surface area contributed by atoms with Gasteiger partial charge < -0.3 is 19.9 Å². The van der Waals surface area contributed by atoms with Crippen LogP contribution in [-0.4, -0.2) is 72.4 Å². The minimum absolute atomic E-state index is 0. The normalized spacial score (nSPS) is 15.8. The molecule has 1 unspecified atom stereocenters. The van der Waals surface area contributed by atoms with Crippen LogP contribution in [0.25, 0.3) is 0 Å². The van der Waals surface area contributed by atoms with Crippen molar-refractivity contribution in [3.05, 3.63) is 54.1 Å². The van der Waals surface area contributed by atoms with Gasteiger partial charge >= 0.3 is 0 Å². The van der Waals surface area contributed by atoms with E-state index < -0.39 is 0 Å². The molecule has 8 heteroatoms. The highest BCUT2D eigenvalue weighted by Gasteiger charge is 2.21. The Kier molecular flexibility index (Phi) is 12.8. The average Bonchev–Trinajstić information content (AvgIpc) is 3.24. The number of aliphatic imine (C=N–C) groups is 1. The predicted octanol–water partition coefficient (Wildman–Crippen LogP) is 3.39. The Bertz CT molecular complexity index is 804. The quantitative estimate of drug-likeness (QED) is 0.247. The molecular formula is C25H41IN6O. The molecule has 1 saturated heterocycles. The number of nitrogens with one attached hydrogen (secondary N) is 2. The van der Waals surface area contributed by atoms with Crippen LogP contribution in [0.4, 0.5) is 0 Å². The Labute approximate surface area is 216 Å². The number of nitrogens with zero attached hydrogens (tertiary/aromatic N) is 4. The molecule has 1 aliphatic rings. The molecule has 1 aromatic carbocycles. The van der Waals surface area contributed by atoms with E-state index in [1.165, 1.54) is 5.56 Å². The first-order valence-corrected chi connectivity index (χ1v) is 12.0. The van der Waals surface area contributed by atoms with Crippen LogP contribution < -0.4 is 10.6 Å². The third-order valence-corrected chi connectivity index (χ3v) is 5.75. The van der Waals surface area contributed by atoms with E-state index in [-0.39, 0.29) is 24.0 Å². The van der Waals surface area contributed by atoms with Gasteiger partial charge in [-0.15, -0.1) is 24.0 Å². The molecule has 0 saturated carbocycles. The van der Waals surface area contributed by atoms with Crippen molar-refractivity contribution in [3.8, 4) is 0 Å². The molecule has 1 aromatic heterocycles. The van der Waals surface area contributed by atoms with Crippen molar-refractivity contribution >= 4 is 29.9 Å². The van der Waals surface area contributed by atoms with Gasteiger partial charge in [0.25, 0.3) is 0 Å². The Balaban J connectivity index is 0.00000385. The van der Waals surface area contributed by atoms with E-state index in [1.54, 1.807) is 0 Å². The largest absolute Gasteiger partial charge is 0.379 e. The highest BCUT2D eigenvalue weighted by Crippen LogP contribution is 2.14. The summed E-state index contributed by atoms with van der Waals surface area (Å²) in [5, 5.41) is 6.90. The average molecular weight is 569 g/mol. The van der Waals surface area contributed by atoms with Crippen molar-refractivity contribution in [1.82, 2.24) is 25.1 Å². The van der Waals surface area contributed by atoms with Crippen LogP contribution in [0.3, 0.4) is 0 Å². The molecule has 7 nitrogen and oxygen atoms in total. The third kappa shape index (κ3) is 9.62. The van der Waals surface area contributed by atoms with Crippen molar-refractivity contribution in [2.75, 3.05) is 45.9 Å². The van der Waals surface area contributed by atoms with E-state index in [0.29, 0.717) is 12.0 Å². The molecule has 1 atom stereocenters. The summed E-state index contributed by atoms with van der Waals surface area (Å²) < 4.78 is 7.76. The fraction of sp³-hybridized carbons (Fsp3) is 0.600. The van der Waals surface area contributed by atoms with Crippen LogP contribution in [0.1, 0.15) is 38.6 Å². The number of imidazole rings is 1. The Hall–Kier alpha value is -1.65. The zero-order chi connectivity index (χ0) is 22.6. The van der Waals surface area contributed by atoms with Crippen LogP contribution >= 0.6 is 24.0 Å². The van der Waals surface area contributed by atoms with E-state index in [0.717, 1.165) is 77.1 Å². The molecule has 0 radical (unpaired) electrons. The first-order valence-electron chi connectivity index (χ1n) is 12.0. The number of morpholine rings is 1. The van der Waals surface area contributed by atoms with Gasteiger partial charge in [0, 0.05) is 57.6 Å². The maximum absolute atomic E-state index is 5.54. The van der Waals surface area contributed by atoms with Crippen LogP contribution in [0, 0.1) is 5.92 Å². The van der Waals surface area contributed by atoms with Crippen LogP contribution in [0.5, 0.6) is 0 Å². The summed E-state index contributed by atoms with van der Waals surface area (Å²) in [6.07, 6.45) is 5.94. The van der Waals surface area contributed by atoms with Crippen LogP contribution in [0.15, 0.2) is 47.7 Å². The number of ether oxygens (including phenoxy) is 1. The summed E-state index contributed by atoms with van der Waals surface area (Å²) in [5.41, 5.74) is 1.29. The van der Waals surface area contributed by atoms with Gasteiger partial charge in [-0.2, -0.15) is 0 Å². The second-order valence-electron chi connectivity index (χ2n) is 8.79. The van der Waals surface area contributed by atoms with Crippen molar-refractivity contribution in [3.63, 3.8) is 0 Å². The molecule has 2 aromatic rings. The summed E-state index contributed by atoms with van der Waals surface area (Å²) >= 11 is 0. The minimum Gasteiger partial charge on any atom is -0.379 e. The van der Waals surface area contributed by atoms with Gasteiger partial charge in [-0.25, -0.2) is 4.98 Å². The van der Waals surface area contributed by atoms with E-state index in [4.69, 9.17) is 9.73 Å².